The molecule has 3 aromatic rings. The molecule has 0 saturated carbocycles. The summed E-state index contributed by atoms with van der Waals surface area (Å²) in [7, 11) is 3.43. The second-order valence-corrected chi connectivity index (χ2v) is 11.5. The van der Waals surface area contributed by atoms with Crippen LogP contribution in [-0.4, -0.2) is 56.4 Å². The summed E-state index contributed by atoms with van der Waals surface area (Å²) in [6.07, 6.45) is 1.39. The SMILES string of the molecule is O=C(CC1CCSS1)Nc1c(Nc2ccc(OCc3cccc(F)c3)c(Cl)c2)ncnc1OC[C@H](O)CO. The van der Waals surface area contributed by atoms with Crippen LogP contribution < -0.4 is 20.1 Å². The van der Waals surface area contributed by atoms with Gasteiger partial charge in [0.15, 0.2) is 5.82 Å². The van der Waals surface area contributed by atoms with Crippen LogP contribution in [0.1, 0.15) is 18.4 Å². The van der Waals surface area contributed by atoms with E-state index in [9.17, 15) is 14.3 Å². The Morgan fingerprint density at radius 1 is 1.24 bits per heavy atom. The molecule has 202 valence electrons. The summed E-state index contributed by atoms with van der Waals surface area (Å²) < 4.78 is 24.7. The molecule has 4 N–H and O–H groups in total. The number of hydrogen-bond donors (Lipinski definition) is 4. The zero-order valence-corrected chi connectivity index (χ0v) is 22.5. The fraction of sp³-hybridized carbons (Fsp3) is 0.320. The van der Waals surface area contributed by atoms with Gasteiger partial charge >= 0.3 is 0 Å². The van der Waals surface area contributed by atoms with Crippen molar-refractivity contribution < 1.29 is 28.9 Å². The van der Waals surface area contributed by atoms with Crippen molar-refractivity contribution in [2.24, 2.45) is 0 Å². The van der Waals surface area contributed by atoms with Crippen LogP contribution in [0.4, 0.5) is 21.6 Å². The molecule has 2 heterocycles. The third-order valence-electron chi connectivity index (χ3n) is 5.32. The molecule has 1 aromatic heterocycles. The quantitative estimate of drug-likeness (QED) is 0.222. The molecule has 13 heteroatoms. The van der Waals surface area contributed by atoms with Crippen molar-refractivity contribution in [3.8, 4) is 11.6 Å². The number of ether oxygens (including phenoxy) is 2. The molecule has 0 bridgehead atoms. The van der Waals surface area contributed by atoms with Gasteiger partial charge in [0.1, 0.15) is 42.9 Å². The molecule has 0 aliphatic carbocycles. The molecule has 1 saturated heterocycles. The highest BCUT2D eigenvalue weighted by atomic mass is 35.5. The Kier molecular flexibility index (Phi) is 10.3. The van der Waals surface area contributed by atoms with E-state index in [1.165, 1.54) is 18.5 Å². The Labute approximate surface area is 231 Å². The predicted octanol–water partition coefficient (Wildman–Crippen LogP) is 4.81. The Morgan fingerprint density at radius 3 is 2.84 bits per heavy atom. The van der Waals surface area contributed by atoms with E-state index in [1.807, 2.05) is 0 Å². The van der Waals surface area contributed by atoms with E-state index in [-0.39, 0.29) is 47.6 Å². The molecule has 2 atom stereocenters. The number of halogens is 2. The van der Waals surface area contributed by atoms with E-state index in [0.29, 0.717) is 28.4 Å². The van der Waals surface area contributed by atoms with Gasteiger partial charge in [-0.2, -0.15) is 4.98 Å². The number of aliphatic hydroxyl groups is 2. The molecule has 4 rings (SSSR count). The molecule has 0 radical (unpaired) electrons. The number of benzene rings is 2. The van der Waals surface area contributed by atoms with Crippen molar-refractivity contribution in [1.82, 2.24) is 9.97 Å². The summed E-state index contributed by atoms with van der Waals surface area (Å²) in [4.78, 5) is 21.2. The van der Waals surface area contributed by atoms with Crippen molar-refractivity contribution >= 4 is 56.3 Å². The molecule has 2 aromatic carbocycles. The summed E-state index contributed by atoms with van der Waals surface area (Å²) in [6, 6.07) is 11.1. The van der Waals surface area contributed by atoms with E-state index < -0.39 is 12.7 Å². The minimum absolute atomic E-state index is 0.0398. The second-order valence-electron chi connectivity index (χ2n) is 8.32. The van der Waals surface area contributed by atoms with Gasteiger partial charge in [-0.05, 0) is 42.3 Å². The minimum atomic E-state index is -1.12. The fourth-order valence-corrected chi connectivity index (χ4v) is 6.57. The maximum absolute atomic E-state index is 13.4. The normalized spacial score (nSPS) is 15.6. The van der Waals surface area contributed by atoms with Gasteiger partial charge in [-0.1, -0.05) is 45.3 Å². The number of carbonyl (C=O) groups is 1. The van der Waals surface area contributed by atoms with Crippen LogP contribution in [-0.2, 0) is 11.4 Å². The van der Waals surface area contributed by atoms with Gasteiger partial charge in [-0.15, -0.1) is 0 Å². The second kappa shape index (κ2) is 13.9. The first-order chi connectivity index (χ1) is 18.4. The van der Waals surface area contributed by atoms with E-state index in [2.05, 4.69) is 20.6 Å². The van der Waals surface area contributed by atoms with Gasteiger partial charge in [0.05, 0.1) is 11.6 Å². The molecular weight excluding hydrogens is 555 g/mol. The third kappa shape index (κ3) is 8.11. The summed E-state index contributed by atoms with van der Waals surface area (Å²) in [5.74, 6) is 1.12. The molecule has 38 heavy (non-hydrogen) atoms. The maximum Gasteiger partial charge on any atom is 0.243 e. The maximum atomic E-state index is 13.4. The highest BCUT2D eigenvalue weighted by Crippen LogP contribution is 2.40. The summed E-state index contributed by atoms with van der Waals surface area (Å²) >= 11 is 6.42. The monoisotopic (exact) mass is 580 g/mol. The van der Waals surface area contributed by atoms with E-state index in [0.717, 1.165) is 12.2 Å². The van der Waals surface area contributed by atoms with Crippen LogP contribution in [0.15, 0.2) is 48.8 Å². The molecule has 9 nitrogen and oxygen atoms in total. The first-order valence-corrected chi connectivity index (χ1v) is 14.5. The molecule has 1 unspecified atom stereocenters. The predicted molar refractivity (Wildman–Crippen MR) is 148 cm³/mol. The number of hydrogen-bond acceptors (Lipinski definition) is 10. The number of nitrogens with zero attached hydrogens (tertiary/aromatic N) is 2. The molecule has 0 spiro atoms. The van der Waals surface area contributed by atoms with Crippen molar-refractivity contribution in [1.29, 1.82) is 0 Å². The number of aliphatic hydroxyl groups excluding tert-OH is 2. The molecule has 1 aliphatic heterocycles. The first kappa shape index (κ1) is 28.2. The van der Waals surface area contributed by atoms with E-state index >= 15 is 0 Å². The fourth-order valence-electron chi connectivity index (χ4n) is 3.44. The Balaban J connectivity index is 1.50. The topological polar surface area (TPSA) is 126 Å². The van der Waals surface area contributed by atoms with Gasteiger partial charge in [-0.25, -0.2) is 9.37 Å². The zero-order chi connectivity index (χ0) is 26.9. The van der Waals surface area contributed by atoms with Crippen LogP contribution in [0.25, 0.3) is 0 Å². The van der Waals surface area contributed by atoms with Crippen LogP contribution in [0.3, 0.4) is 0 Å². The Morgan fingerprint density at radius 2 is 2.11 bits per heavy atom. The lowest BCUT2D eigenvalue weighted by Crippen LogP contribution is -2.23. The lowest BCUT2D eigenvalue weighted by atomic mass is 10.2. The Bertz CT molecular complexity index is 1250. The Hall–Kier alpha value is -2.77. The number of carbonyl (C=O) groups excluding carboxylic acids is 1. The van der Waals surface area contributed by atoms with Crippen molar-refractivity contribution in [3.63, 3.8) is 0 Å². The largest absolute Gasteiger partial charge is 0.487 e. The number of amides is 1. The minimum Gasteiger partial charge on any atom is -0.487 e. The lowest BCUT2D eigenvalue weighted by Gasteiger charge is -2.17. The molecule has 1 aliphatic rings. The van der Waals surface area contributed by atoms with Crippen LogP contribution in [0, 0.1) is 5.82 Å². The number of nitrogens with one attached hydrogen (secondary N) is 2. The van der Waals surface area contributed by atoms with Crippen LogP contribution in [0.5, 0.6) is 11.6 Å². The van der Waals surface area contributed by atoms with Gasteiger partial charge in [-0.3, -0.25) is 4.79 Å². The molecule has 1 amide bonds. The summed E-state index contributed by atoms with van der Waals surface area (Å²) in [6.45, 7) is -0.570. The standard InChI is InChI=1S/C25H26ClFN4O5S2/c26-20-9-17(4-5-21(20)35-12-15-2-1-3-16(27)8-15)30-24-23(31-22(34)10-19-6-7-37-38-19)25(29-14-28-24)36-13-18(33)11-32/h1-5,8-9,14,18-19,32-33H,6-7,10-13H2,(H,31,34)(H,28,29,30)/t18-,19?/m1/s1. The number of rotatable bonds is 12. The van der Waals surface area contributed by atoms with Gasteiger partial charge < -0.3 is 30.3 Å². The lowest BCUT2D eigenvalue weighted by molar-refractivity contribution is -0.116. The summed E-state index contributed by atoms with van der Waals surface area (Å²) in [5.41, 5.74) is 1.41. The van der Waals surface area contributed by atoms with Crippen LogP contribution >= 0.6 is 33.2 Å². The third-order valence-corrected chi connectivity index (χ3v) is 8.55. The highest BCUT2D eigenvalue weighted by Gasteiger charge is 2.23. The smallest absolute Gasteiger partial charge is 0.243 e. The van der Waals surface area contributed by atoms with E-state index in [4.69, 9.17) is 26.2 Å². The van der Waals surface area contributed by atoms with Crippen molar-refractivity contribution in [2.75, 3.05) is 29.6 Å². The van der Waals surface area contributed by atoms with Gasteiger partial charge in [0.25, 0.3) is 0 Å². The average molecular weight is 581 g/mol. The average Bonchev–Trinajstić information content (AvgIpc) is 3.41. The number of aromatic nitrogens is 2. The molecular formula is C25H26ClFN4O5S2. The zero-order valence-electron chi connectivity index (χ0n) is 20.1. The van der Waals surface area contributed by atoms with E-state index in [1.54, 1.807) is 51.9 Å². The highest BCUT2D eigenvalue weighted by molar-refractivity contribution is 8.77. The van der Waals surface area contributed by atoms with Crippen molar-refractivity contribution in [2.45, 2.75) is 30.8 Å². The molecule has 1 fully saturated rings. The number of anilines is 3. The van der Waals surface area contributed by atoms with Gasteiger partial charge in [0.2, 0.25) is 11.8 Å². The van der Waals surface area contributed by atoms with Gasteiger partial charge in [0, 0.05) is 23.1 Å². The summed E-state index contributed by atoms with van der Waals surface area (Å²) in [5, 5.41) is 25.3. The van der Waals surface area contributed by atoms with Crippen LogP contribution in [0.2, 0.25) is 5.02 Å². The van der Waals surface area contributed by atoms with Crippen molar-refractivity contribution in [3.05, 3.63) is 65.2 Å². The first-order valence-electron chi connectivity index (χ1n) is 11.7.